The molecule has 1 saturated heterocycles. The standard InChI is InChI=1S/C14H17N3O2S/c18-20(19)9-2-1-5-12(20)14-16-11-4-3-8-15-13(11)17(14)10-6-7-10/h3-4,8,10,12H,1-2,5-7,9H2. The molecule has 2 fully saturated rings. The van der Waals surface area contributed by atoms with Gasteiger partial charge < -0.3 is 4.57 Å². The van der Waals surface area contributed by atoms with Gasteiger partial charge in [-0.1, -0.05) is 6.42 Å². The largest absolute Gasteiger partial charge is 0.308 e. The Balaban J connectivity index is 1.92. The molecule has 0 bridgehead atoms. The van der Waals surface area contributed by atoms with Crippen molar-refractivity contribution in [2.24, 2.45) is 0 Å². The van der Waals surface area contributed by atoms with Gasteiger partial charge in [-0.3, -0.25) is 0 Å². The second-order valence-electron chi connectivity index (χ2n) is 5.77. The Bertz CT molecular complexity index is 762. The van der Waals surface area contributed by atoms with Crippen LogP contribution in [0.4, 0.5) is 0 Å². The summed E-state index contributed by atoms with van der Waals surface area (Å²) in [5, 5.41) is -0.439. The average Bonchev–Trinajstić information content (AvgIpc) is 3.19. The molecule has 0 amide bonds. The van der Waals surface area contributed by atoms with E-state index >= 15 is 0 Å². The molecule has 6 heteroatoms. The SMILES string of the molecule is O=S1(=O)CCCCC1c1nc2cccnc2n1C1CC1. The minimum Gasteiger partial charge on any atom is -0.308 e. The maximum atomic E-state index is 12.4. The molecule has 2 aromatic rings. The summed E-state index contributed by atoms with van der Waals surface area (Å²) in [5.41, 5.74) is 1.65. The first-order chi connectivity index (χ1) is 9.67. The van der Waals surface area contributed by atoms with Crippen molar-refractivity contribution in [1.82, 2.24) is 14.5 Å². The quantitative estimate of drug-likeness (QED) is 0.852. The predicted molar refractivity (Wildman–Crippen MR) is 76.2 cm³/mol. The average molecular weight is 291 g/mol. The summed E-state index contributed by atoms with van der Waals surface area (Å²) < 4.78 is 26.8. The number of hydrogen-bond donors (Lipinski definition) is 0. The highest BCUT2D eigenvalue weighted by Gasteiger charge is 2.38. The first-order valence-corrected chi connectivity index (χ1v) is 8.93. The van der Waals surface area contributed by atoms with Gasteiger partial charge in [-0.15, -0.1) is 0 Å². The molecule has 0 N–H and O–H groups in total. The lowest BCUT2D eigenvalue weighted by atomic mass is 10.2. The Kier molecular flexibility index (Phi) is 2.64. The maximum absolute atomic E-state index is 12.4. The third kappa shape index (κ3) is 1.85. The normalized spacial score (nSPS) is 25.9. The van der Waals surface area contributed by atoms with Crippen molar-refractivity contribution in [2.45, 2.75) is 43.4 Å². The molecule has 1 aliphatic carbocycles. The first-order valence-electron chi connectivity index (χ1n) is 7.21. The van der Waals surface area contributed by atoms with Gasteiger partial charge in [-0.05, 0) is 37.8 Å². The van der Waals surface area contributed by atoms with Crippen molar-refractivity contribution in [2.75, 3.05) is 5.75 Å². The van der Waals surface area contributed by atoms with E-state index in [0.717, 1.165) is 42.7 Å². The Morgan fingerprint density at radius 1 is 1.20 bits per heavy atom. The molecular formula is C14H17N3O2S. The Labute approximate surface area is 118 Å². The molecule has 3 heterocycles. The van der Waals surface area contributed by atoms with Crippen LogP contribution in [-0.2, 0) is 9.84 Å². The van der Waals surface area contributed by atoms with Crippen LogP contribution in [-0.4, -0.2) is 28.7 Å². The van der Waals surface area contributed by atoms with Crippen molar-refractivity contribution in [3.63, 3.8) is 0 Å². The van der Waals surface area contributed by atoms with Gasteiger partial charge in [-0.2, -0.15) is 0 Å². The van der Waals surface area contributed by atoms with E-state index in [4.69, 9.17) is 0 Å². The monoisotopic (exact) mass is 291 g/mol. The van der Waals surface area contributed by atoms with Gasteiger partial charge in [0, 0.05) is 12.2 Å². The van der Waals surface area contributed by atoms with Gasteiger partial charge in [0.1, 0.15) is 16.6 Å². The second-order valence-corrected chi connectivity index (χ2v) is 8.07. The van der Waals surface area contributed by atoms with Crippen molar-refractivity contribution in [3.8, 4) is 0 Å². The molecule has 5 nitrogen and oxygen atoms in total. The smallest absolute Gasteiger partial charge is 0.160 e. The van der Waals surface area contributed by atoms with Gasteiger partial charge in [0.15, 0.2) is 15.5 Å². The van der Waals surface area contributed by atoms with Gasteiger partial charge >= 0.3 is 0 Å². The lowest BCUT2D eigenvalue weighted by Gasteiger charge is -2.22. The van der Waals surface area contributed by atoms with E-state index in [1.165, 1.54) is 0 Å². The fourth-order valence-corrected chi connectivity index (χ4v) is 5.02. The van der Waals surface area contributed by atoms with Crippen molar-refractivity contribution < 1.29 is 8.42 Å². The van der Waals surface area contributed by atoms with E-state index in [-0.39, 0.29) is 0 Å². The Morgan fingerprint density at radius 3 is 2.80 bits per heavy atom. The van der Waals surface area contributed by atoms with Crippen LogP contribution in [0, 0.1) is 0 Å². The van der Waals surface area contributed by atoms with Crippen LogP contribution in [0.3, 0.4) is 0 Å². The topological polar surface area (TPSA) is 64.8 Å². The summed E-state index contributed by atoms with van der Waals surface area (Å²) in [4.78, 5) is 9.03. The molecule has 2 aromatic heterocycles. The summed E-state index contributed by atoms with van der Waals surface area (Å²) in [6.07, 6.45) is 6.38. The molecule has 4 rings (SSSR count). The number of fused-ring (bicyclic) bond motifs is 1. The molecule has 0 radical (unpaired) electrons. The maximum Gasteiger partial charge on any atom is 0.160 e. The number of pyridine rings is 1. The number of imidazole rings is 1. The number of nitrogens with zero attached hydrogens (tertiary/aromatic N) is 3. The highest BCUT2D eigenvalue weighted by molar-refractivity contribution is 7.91. The number of hydrogen-bond acceptors (Lipinski definition) is 4. The fraction of sp³-hybridized carbons (Fsp3) is 0.571. The minimum absolute atomic E-state index is 0.291. The van der Waals surface area contributed by atoms with Crippen LogP contribution in [0.5, 0.6) is 0 Å². The molecular weight excluding hydrogens is 274 g/mol. The number of aromatic nitrogens is 3. The zero-order valence-electron chi connectivity index (χ0n) is 11.2. The van der Waals surface area contributed by atoms with E-state index < -0.39 is 15.1 Å². The Hall–Kier alpha value is -1.43. The van der Waals surface area contributed by atoms with Crippen LogP contribution >= 0.6 is 0 Å². The van der Waals surface area contributed by atoms with Gasteiger partial charge in [0.05, 0.1) is 5.75 Å². The van der Waals surface area contributed by atoms with Gasteiger partial charge in [0.25, 0.3) is 0 Å². The summed E-state index contributed by atoms with van der Waals surface area (Å²) >= 11 is 0. The molecule has 1 atom stereocenters. The predicted octanol–water partition coefficient (Wildman–Crippen LogP) is 2.41. The van der Waals surface area contributed by atoms with Crippen LogP contribution in [0.25, 0.3) is 11.2 Å². The molecule has 1 aliphatic heterocycles. The highest BCUT2D eigenvalue weighted by atomic mass is 32.2. The summed E-state index contributed by atoms with van der Waals surface area (Å²) in [6.45, 7) is 0. The van der Waals surface area contributed by atoms with E-state index in [1.54, 1.807) is 6.20 Å². The molecule has 106 valence electrons. The second kappa shape index (κ2) is 4.28. The fourth-order valence-electron chi connectivity index (χ4n) is 3.11. The lowest BCUT2D eigenvalue weighted by Crippen LogP contribution is -2.24. The van der Waals surface area contributed by atoms with Crippen molar-refractivity contribution in [3.05, 3.63) is 24.2 Å². The molecule has 0 aromatic carbocycles. The Morgan fingerprint density at radius 2 is 2.05 bits per heavy atom. The minimum atomic E-state index is -3.06. The van der Waals surface area contributed by atoms with Crippen LogP contribution in [0.1, 0.15) is 49.2 Å². The molecule has 1 saturated carbocycles. The van der Waals surface area contributed by atoms with E-state index in [0.29, 0.717) is 18.2 Å². The van der Waals surface area contributed by atoms with Gasteiger partial charge in [-0.25, -0.2) is 18.4 Å². The molecule has 1 unspecified atom stereocenters. The van der Waals surface area contributed by atoms with E-state index in [2.05, 4.69) is 14.5 Å². The zero-order chi connectivity index (χ0) is 13.7. The first kappa shape index (κ1) is 12.3. The van der Waals surface area contributed by atoms with Crippen LogP contribution in [0.15, 0.2) is 18.3 Å². The van der Waals surface area contributed by atoms with E-state index in [9.17, 15) is 8.42 Å². The van der Waals surface area contributed by atoms with Gasteiger partial charge in [0.2, 0.25) is 0 Å². The molecule has 2 aliphatic rings. The lowest BCUT2D eigenvalue weighted by molar-refractivity contribution is 0.528. The van der Waals surface area contributed by atoms with Crippen molar-refractivity contribution in [1.29, 1.82) is 0 Å². The zero-order valence-corrected chi connectivity index (χ0v) is 12.0. The third-order valence-corrected chi connectivity index (χ3v) is 6.43. The highest BCUT2D eigenvalue weighted by Crippen LogP contribution is 2.42. The van der Waals surface area contributed by atoms with Crippen LogP contribution < -0.4 is 0 Å². The molecule has 0 spiro atoms. The van der Waals surface area contributed by atoms with Crippen LogP contribution in [0.2, 0.25) is 0 Å². The summed E-state index contributed by atoms with van der Waals surface area (Å²) in [5.74, 6) is 1.01. The number of rotatable bonds is 2. The summed E-state index contributed by atoms with van der Waals surface area (Å²) in [6, 6.07) is 4.16. The molecule has 20 heavy (non-hydrogen) atoms. The number of sulfone groups is 1. The third-order valence-electron chi connectivity index (χ3n) is 4.25. The summed E-state index contributed by atoms with van der Waals surface area (Å²) in [7, 11) is -3.06. The van der Waals surface area contributed by atoms with E-state index in [1.807, 2.05) is 12.1 Å². The van der Waals surface area contributed by atoms with Crippen molar-refractivity contribution >= 4 is 21.0 Å².